The molecule has 0 aliphatic carbocycles. The molecule has 1 rings (SSSR count). The average Bonchev–Trinajstić information content (AvgIpc) is 2.39. The van der Waals surface area contributed by atoms with Crippen molar-refractivity contribution in [1.82, 2.24) is 0 Å². The Balaban J connectivity index is 2.91. The van der Waals surface area contributed by atoms with Crippen LogP contribution in [0.4, 0.5) is 5.69 Å². The molecular weight excluding hydrogens is 302 g/mol. The van der Waals surface area contributed by atoms with Crippen molar-refractivity contribution in [1.29, 1.82) is 0 Å². The average molecular weight is 318 g/mol. The Morgan fingerprint density at radius 2 is 2.20 bits per heavy atom. The number of aliphatic hydroxyl groups is 1. The van der Waals surface area contributed by atoms with Gasteiger partial charge in [-0.25, -0.2) is 8.42 Å². The quantitative estimate of drug-likeness (QED) is 0.615. The third kappa shape index (κ3) is 5.80. The summed E-state index contributed by atoms with van der Waals surface area (Å²) in [5, 5.41) is 9.14. The van der Waals surface area contributed by atoms with Gasteiger partial charge in [-0.15, -0.1) is 0 Å². The lowest BCUT2D eigenvalue weighted by Gasteiger charge is -2.10. The molecule has 0 amide bonds. The second-order valence-electron chi connectivity index (χ2n) is 3.92. The Kier molecular flexibility index (Phi) is 6.82. The van der Waals surface area contributed by atoms with Crippen molar-refractivity contribution in [2.45, 2.75) is 6.42 Å². The van der Waals surface area contributed by atoms with Crippen molar-refractivity contribution in [2.75, 3.05) is 30.8 Å². The van der Waals surface area contributed by atoms with Crippen molar-refractivity contribution in [2.24, 2.45) is 0 Å². The zero-order valence-corrected chi connectivity index (χ0v) is 12.6. The Morgan fingerprint density at radius 1 is 1.45 bits per heavy atom. The number of anilines is 1. The minimum atomic E-state index is -3.47. The molecule has 7 heteroatoms. The normalized spacial score (nSPS) is 10.8. The highest BCUT2D eigenvalue weighted by Gasteiger charge is 2.12. The second kappa shape index (κ2) is 8.12. The lowest BCUT2D eigenvalue weighted by Crippen LogP contribution is -2.18. The van der Waals surface area contributed by atoms with Gasteiger partial charge in [0, 0.05) is 18.7 Å². The standard InChI is InChI=1S/C13H16ClNO4S/c1-19-8-3-9-20(17,18)15-13-6-5-12(14)10-11(13)4-2-7-16/h5-6,10,15-16H,3,7-9H2,1H3. The number of benzene rings is 1. The molecule has 0 radical (unpaired) electrons. The zero-order valence-electron chi connectivity index (χ0n) is 11.0. The molecule has 1 aromatic rings. The van der Waals surface area contributed by atoms with Crippen molar-refractivity contribution in [3.05, 3.63) is 28.8 Å². The van der Waals surface area contributed by atoms with E-state index in [2.05, 4.69) is 16.6 Å². The van der Waals surface area contributed by atoms with Crippen LogP contribution in [-0.4, -0.2) is 39.6 Å². The van der Waals surface area contributed by atoms with Crippen LogP contribution in [0.25, 0.3) is 0 Å². The number of hydrogen-bond acceptors (Lipinski definition) is 4. The topological polar surface area (TPSA) is 75.6 Å². The van der Waals surface area contributed by atoms with Gasteiger partial charge < -0.3 is 9.84 Å². The van der Waals surface area contributed by atoms with E-state index >= 15 is 0 Å². The molecule has 0 aliphatic rings. The van der Waals surface area contributed by atoms with Gasteiger partial charge in [0.1, 0.15) is 6.61 Å². The van der Waals surface area contributed by atoms with E-state index in [1.165, 1.54) is 19.2 Å². The van der Waals surface area contributed by atoms with Crippen LogP contribution in [0.15, 0.2) is 18.2 Å². The lowest BCUT2D eigenvalue weighted by atomic mass is 10.2. The maximum atomic E-state index is 11.9. The van der Waals surface area contributed by atoms with Gasteiger partial charge in [0.25, 0.3) is 0 Å². The van der Waals surface area contributed by atoms with Gasteiger partial charge in [-0.1, -0.05) is 23.4 Å². The minimum absolute atomic E-state index is 0.0453. The molecule has 0 aromatic heterocycles. The van der Waals surface area contributed by atoms with Gasteiger partial charge in [0.2, 0.25) is 10.0 Å². The fourth-order valence-electron chi connectivity index (χ4n) is 1.46. The van der Waals surface area contributed by atoms with Crippen LogP contribution < -0.4 is 4.72 Å². The molecule has 0 bridgehead atoms. The summed E-state index contributed by atoms with van der Waals surface area (Å²) < 4.78 is 31.1. The first-order valence-electron chi connectivity index (χ1n) is 5.87. The van der Waals surface area contributed by atoms with E-state index in [0.29, 0.717) is 29.3 Å². The smallest absolute Gasteiger partial charge is 0.232 e. The summed E-state index contributed by atoms with van der Waals surface area (Å²) in [6.07, 6.45) is 0.400. The molecule has 0 heterocycles. The summed E-state index contributed by atoms with van der Waals surface area (Å²) >= 11 is 5.85. The minimum Gasteiger partial charge on any atom is -0.385 e. The number of hydrogen-bond donors (Lipinski definition) is 2. The van der Waals surface area contributed by atoms with Crippen molar-refractivity contribution in [3.8, 4) is 11.8 Å². The summed E-state index contributed by atoms with van der Waals surface area (Å²) in [6.45, 7) is 0.0608. The molecule has 0 spiro atoms. The Morgan fingerprint density at radius 3 is 2.85 bits per heavy atom. The first kappa shape index (κ1) is 16.8. The maximum Gasteiger partial charge on any atom is 0.232 e. The summed E-state index contributed by atoms with van der Waals surface area (Å²) in [5.41, 5.74) is 0.759. The Hall–Kier alpha value is -1.26. The lowest BCUT2D eigenvalue weighted by molar-refractivity contribution is 0.199. The molecule has 0 unspecified atom stereocenters. The maximum absolute atomic E-state index is 11.9. The van der Waals surface area contributed by atoms with Gasteiger partial charge in [-0.05, 0) is 24.6 Å². The number of halogens is 1. The Labute approximate surface area is 124 Å². The molecule has 2 N–H and O–H groups in total. The molecule has 0 atom stereocenters. The molecular formula is C13H16ClNO4S. The number of methoxy groups -OCH3 is 1. The number of aliphatic hydroxyl groups excluding tert-OH is 1. The van der Waals surface area contributed by atoms with Crippen molar-refractivity contribution >= 4 is 27.3 Å². The summed E-state index contributed by atoms with van der Waals surface area (Å²) in [5.74, 6) is 5.07. The van der Waals surface area contributed by atoms with Gasteiger partial charge in [-0.2, -0.15) is 0 Å². The number of nitrogens with one attached hydrogen (secondary N) is 1. The zero-order chi connectivity index (χ0) is 15.0. The second-order valence-corrected chi connectivity index (χ2v) is 6.20. The van der Waals surface area contributed by atoms with Gasteiger partial charge in [0.15, 0.2) is 0 Å². The molecule has 1 aromatic carbocycles. The fraction of sp³-hybridized carbons (Fsp3) is 0.385. The van der Waals surface area contributed by atoms with Crippen LogP contribution in [0.3, 0.4) is 0 Å². The van der Waals surface area contributed by atoms with Gasteiger partial charge in [-0.3, -0.25) is 4.72 Å². The van der Waals surface area contributed by atoms with Crippen molar-refractivity contribution in [3.63, 3.8) is 0 Å². The molecule has 0 saturated heterocycles. The molecule has 20 heavy (non-hydrogen) atoms. The highest BCUT2D eigenvalue weighted by molar-refractivity contribution is 7.92. The Bertz CT molecular complexity index is 605. The molecule has 5 nitrogen and oxygen atoms in total. The monoisotopic (exact) mass is 317 g/mol. The SMILES string of the molecule is COCCCS(=O)(=O)Nc1ccc(Cl)cc1C#CCO. The van der Waals surface area contributed by atoms with E-state index in [1.54, 1.807) is 6.07 Å². The van der Waals surface area contributed by atoms with E-state index in [-0.39, 0.29) is 12.4 Å². The summed E-state index contributed by atoms with van der Waals surface area (Å²) in [7, 11) is -1.95. The van der Waals surface area contributed by atoms with E-state index in [0.717, 1.165) is 0 Å². The fourth-order valence-corrected chi connectivity index (χ4v) is 2.74. The van der Waals surface area contributed by atoms with Gasteiger partial charge in [0.05, 0.1) is 17.0 Å². The third-order valence-corrected chi connectivity index (χ3v) is 3.90. The number of rotatable bonds is 6. The highest BCUT2D eigenvalue weighted by Crippen LogP contribution is 2.21. The van der Waals surface area contributed by atoms with Crippen LogP contribution in [0, 0.1) is 11.8 Å². The predicted molar refractivity (Wildman–Crippen MR) is 79.3 cm³/mol. The van der Waals surface area contributed by atoms with Crippen LogP contribution in [0.5, 0.6) is 0 Å². The molecule has 0 aliphatic heterocycles. The van der Waals surface area contributed by atoms with Crippen LogP contribution >= 0.6 is 11.6 Å². The van der Waals surface area contributed by atoms with Crippen LogP contribution in [0.2, 0.25) is 5.02 Å². The number of ether oxygens (including phenoxy) is 1. The van der Waals surface area contributed by atoms with Gasteiger partial charge >= 0.3 is 0 Å². The summed E-state index contributed by atoms with van der Waals surface area (Å²) in [6, 6.07) is 4.65. The van der Waals surface area contributed by atoms with E-state index in [4.69, 9.17) is 21.4 Å². The van der Waals surface area contributed by atoms with E-state index in [1.807, 2.05) is 0 Å². The first-order valence-corrected chi connectivity index (χ1v) is 7.90. The third-order valence-electron chi connectivity index (χ3n) is 2.31. The largest absolute Gasteiger partial charge is 0.385 e. The van der Waals surface area contributed by atoms with Crippen LogP contribution in [0.1, 0.15) is 12.0 Å². The summed E-state index contributed by atoms with van der Waals surface area (Å²) in [4.78, 5) is 0. The van der Waals surface area contributed by atoms with Crippen LogP contribution in [-0.2, 0) is 14.8 Å². The molecule has 0 saturated carbocycles. The molecule has 110 valence electrons. The molecule has 0 fully saturated rings. The van der Waals surface area contributed by atoms with E-state index in [9.17, 15) is 8.42 Å². The number of sulfonamides is 1. The highest BCUT2D eigenvalue weighted by atomic mass is 35.5. The van der Waals surface area contributed by atoms with Crippen molar-refractivity contribution < 1.29 is 18.3 Å². The predicted octanol–water partition coefficient (Wildman–Crippen LogP) is 1.46. The van der Waals surface area contributed by atoms with E-state index < -0.39 is 10.0 Å². The first-order chi connectivity index (χ1) is 9.48.